The minimum Gasteiger partial charge on any atom is -0.327 e. The number of hydrogen-bond donors (Lipinski definition) is 1. The van der Waals surface area contributed by atoms with E-state index in [1.807, 2.05) is 55.5 Å². The maximum atomic E-state index is 14.1. The van der Waals surface area contributed by atoms with E-state index >= 15 is 0 Å². The van der Waals surface area contributed by atoms with Gasteiger partial charge in [-0.2, -0.15) is 0 Å². The molecule has 92 valence electrons. The van der Waals surface area contributed by atoms with Gasteiger partial charge in [0.15, 0.2) is 0 Å². The Hall–Kier alpha value is -1.93. The van der Waals surface area contributed by atoms with Crippen LogP contribution in [0.25, 0.3) is 16.7 Å². The molecular weight excluding hydrogens is 225 g/mol. The van der Waals surface area contributed by atoms with Crippen molar-refractivity contribution in [2.45, 2.75) is 6.92 Å². The van der Waals surface area contributed by atoms with Crippen LogP contribution in [0.5, 0.6) is 0 Å². The number of benzene rings is 2. The average Bonchev–Trinajstić information content (AvgIpc) is 2.40. The van der Waals surface area contributed by atoms with Gasteiger partial charge in [-0.1, -0.05) is 48.5 Å². The molecule has 0 aliphatic carbocycles. The maximum absolute atomic E-state index is 14.1. The standard InChI is InChI=1S/C16H16FN/c1-12(9-10-18)14-7-8-15(16(17)11-14)13-5-3-2-4-6-13/h2-9,11H,10,18H2,1H3. The van der Waals surface area contributed by atoms with E-state index in [4.69, 9.17) is 5.73 Å². The Bertz CT molecular complexity index is 559. The molecule has 0 unspecified atom stereocenters. The molecule has 18 heavy (non-hydrogen) atoms. The first kappa shape index (κ1) is 12.5. The van der Waals surface area contributed by atoms with Crippen LogP contribution < -0.4 is 5.73 Å². The Morgan fingerprint density at radius 2 is 1.89 bits per heavy atom. The smallest absolute Gasteiger partial charge is 0.131 e. The lowest BCUT2D eigenvalue weighted by Gasteiger charge is -2.07. The molecule has 2 aromatic rings. The van der Waals surface area contributed by atoms with E-state index in [-0.39, 0.29) is 5.82 Å². The summed E-state index contributed by atoms with van der Waals surface area (Å²) in [5.74, 6) is -0.205. The second-order valence-electron chi connectivity index (χ2n) is 4.18. The summed E-state index contributed by atoms with van der Waals surface area (Å²) in [6.45, 7) is 2.40. The van der Waals surface area contributed by atoms with Crippen LogP contribution in [0.15, 0.2) is 54.6 Å². The van der Waals surface area contributed by atoms with E-state index in [1.54, 1.807) is 6.07 Å². The third-order valence-electron chi connectivity index (χ3n) is 2.93. The molecule has 0 bridgehead atoms. The molecule has 0 heterocycles. The first-order chi connectivity index (χ1) is 8.72. The van der Waals surface area contributed by atoms with Crippen molar-refractivity contribution in [3.63, 3.8) is 0 Å². The Balaban J connectivity index is 2.40. The van der Waals surface area contributed by atoms with E-state index in [1.165, 1.54) is 0 Å². The summed E-state index contributed by atoms with van der Waals surface area (Å²) >= 11 is 0. The molecule has 0 amide bonds. The number of hydrogen-bond acceptors (Lipinski definition) is 1. The Kier molecular flexibility index (Phi) is 3.90. The van der Waals surface area contributed by atoms with E-state index in [0.29, 0.717) is 12.1 Å². The molecule has 0 spiro atoms. The van der Waals surface area contributed by atoms with Gasteiger partial charge in [0.25, 0.3) is 0 Å². The summed E-state index contributed by atoms with van der Waals surface area (Å²) in [7, 11) is 0. The Labute approximate surface area is 107 Å². The van der Waals surface area contributed by atoms with Gasteiger partial charge < -0.3 is 5.73 Å². The Morgan fingerprint density at radius 3 is 2.50 bits per heavy atom. The highest BCUT2D eigenvalue weighted by Gasteiger charge is 2.06. The fourth-order valence-electron chi connectivity index (χ4n) is 1.91. The van der Waals surface area contributed by atoms with Crippen LogP contribution in [0, 0.1) is 5.82 Å². The van der Waals surface area contributed by atoms with Gasteiger partial charge in [0.1, 0.15) is 5.82 Å². The zero-order valence-electron chi connectivity index (χ0n) is 10.4. The van der Waals surface area contributed by atoms with Gasteiger partial charge in [-0.3, -0.25) is 0 Å². The monoisotopic (exact) mass is 241 g/mol. The lowest BCUT2D eigenvalue weighted by molar-refractivity contribution is 0.631. The van der Waals surface area contributed by atoms with Gasteiger partial charge in [-0.15, -0.1) is 0 Å². The van der Waals surface area contributed by atoms with E-state index in [2.05, 4.69) is 0 Å². The first-order valence-electron chi connectivity index (χ1n) is 5.94. The normalized spacial score (nSPS) is 11.6. The van der Waals surface area contributed by atoms with Crippen LogP contribution in [0.3, 0.4) is 0 Å². The van der Waals surface area contributed by atoms with Crippen LogP contribution in [0.1, 0.15) is 12.5 Å². The van der Waals surface area contributed by atoms with Gasteiger partial charge in [0.05, 0.1) is 0 Å². The summed E-state index contributed by atoms with van der Waals surface area (Å²) < 4.78 is 14.1. The molecule has 0 aliphatic heterocycles. The molecule has 2 N–H and O–H groups in total. The summed E-state index contributed by atoms with van der Waals surface area (Å²) in [5.41, 5.74) is 8.84. The van der Waals surface area contributed by atoms with Gasteiger partial charge in [0, 0.05) is 12.1 Å². The predicted octanol–water partition coefficient (Wildman–Crippen LogP) is 3.85. The maximum Gasteiger partial charge on any atom is 0.131 e. The lowest BCUT2D eigenvalue weighted by atomic mass is 10.0. The molecule has 0 saturated carbocycles. The highest BCUT2D eigenvalue weighted by Crippen LogP contribution is 2.25. The fraction of sp³-hybridized carbons (Fsp3) is 0.125. The summed E-state index contributed by atoms with van der Waals surface area (Å²) in [6, 6.07) is 14.8. The molecule has 2 heteroatoms. The SMILES string of the molecule is CC(=CCN)c1ccc(-c2ccccc2)c(F)c1. The van der Waals surface area contributed by atoms with Crippen LogP contribution in [0.2, 0.25) is 0 Å². The van der Waals surface area contributed by atoms with Crippen molar-refractivity contribution in [3.8, 4) is 11.1 Å². The van der Waals surface area contributed by atoms with Gasteiger partial charge >= 0.3 is 0 Å². The molecule has 0 fully saturated rings. The highest BCUT2D eigenvalue weighted by molar-refractivity contribution is 5.70. The number of halogens is 1. The fourth-order valence-corrected chi connectivity index (χ4v) is 1.91. The second-order valence-corrected chi connectivity index (χ2v) is 4.18. The van der Waals surface area contributed by atoms with E-state index in [0.717, 1.165) is 16.7 Å². The van der Waals surface area contributed by atoms with Crippen molar-refractivity contribution in [1.29, 1.82) is 0 Å². The van der Waals surface area contributed by atoms with Crippen molar-refractivity contribution in [1.82, 2.24) is 0 Å². The molecule has 0 aromatic heterocycles. The summed E-state index contributed by atoms with van der Waals surface area (Å²) in [5, 5.41) is 0. The van der Waals surface area contributed by atoms with Crippen molar-refractivity contribution in [2.24, 2.45) is 5.73 Å². The zero-order chi connectivity index (χ0) is 13.0. The molecule has 0 aliphatic rings. The topological polar surface area (TPSA) is 26.0 Å². The minimum atomic E-state index is -0.205. The number of allylic oxidation sites excluding steroid dienone is 1. The third kappa shape index (κ3) is 2.66. The quantitative estimate of drug-likeness (QED) is 0.867. The van der Waals surface area contributed by atoms with Crippen LogP contribution in [-0.2, 0) is 0 Å². The molecule has 0 radical (unpaired) electrons. The summed E-state index contributed by atoms with van der Waals surface area (Å²) in [6.07, 6.45) is 1.89. The van der Waals surface area contributed by atoms with Gasteiger partial charge in [0.2, 0.25) is 0 Å². The van der Waals surface area contributed by atoms with E-state index in [9.17, 15) is 4.39 Å². The van der Waals surface area contributed by atoms with Crippen LogP contribution in [-0.4, -0.2) is 6.54 Å². The van der Waals surface area contributed by atoms with Crippen molar-refractivity contribution in [3.05, 3.63) is 66.0 Å². The second kappa shape index (κ2) is 5.61. The molecule has 2 aromatic carbocycles. The van der Waals surface area contributed by atoms with E-state index < -0.39 is 0 Å². The largest absolute Gasteiger partial charge is 0.327 e. The van der Waals surface area contributed by atoms with Crippen LogP contribution >= 0.6 is 0 Å². The number of nitrogens with two attached hydrogens (primary N) is 1. The van der Waals surface area contributed by atoms with Gasteiger partial charge in [-0.25, -0.2) is 4.39 Å². The predicted molar refractivity (Wildman–Crippen MR) is 74.5 cm³/mol. The molecule has 0 atom stereocenters. The van der Waals surface area contributed by atoms with Crippen LogP contribution in [0.4, 0.5) is 4.39 Å². The molecular formula is C16H16FN. The van der Waals surface area contributed by atoms with Crippen molar-refractivity contribution < 1.29 is 4.39 Å². The first-order valence-corrected chi connectivity index (χ1v) is 5.94. The number of rotatable bonds is 3. The highest BCUT2D eigenvalue weighted by atomic mass is 19.1. The molecule has 2 rings (SSSR count). The van der Waals surface area contributed by atoms with Gasteiger partial charge in [-0.05, 0) is 29.7 Å². The van der Waals surface area contributed by atoms with Crippen molar-refractivity contribution in [2.75, 3.05) is 6.54 Å². The minimum absolute atomic E-state index is 0.205. The average molecular weight is 241 g/mol. The van der Waals surface area contributed by atoms with Crippen molar-refractivity contribution >= 4 is 5.57 Å². The Morgan fingerprint density at radius 1 is 1.17 bits per heavy atom. The molecule has 1 nitrogen and oxygen atoms in total. The zero-order valence-corrected chi connectivity index (χ0v) is 10.4. The molecule has 0 saturated heterocycles. The summed E-state index contributed by atoms with van der Waals surface area (Å²) in [4.78, 5) is 0. The lowest BCUT2D eigenvalue weighted by Crippen LogP contribution is -1.95. The third-order valence-corrected chi connectivity index (χ3v) is 2.93.